The van der Waals surface area contributed by atoms with Gasteiger partial charge in [0.1, 0.15) is 11.6 Å². The van der Waals surface area contributed by atoms with Crippen molar-refractivity contribution in [2.24, 2.45) is 0 Å². The van der Waals surface area contributed by atoms with Gasteiger partial charge in [-0.1, -0.05) is 35.2 Å². The maximum atomic E-state index is 13.2. The van der Waals surface area contributed by atoms with Gasteiger partial charge in [-0.15, -0.1) is 10.2 Å². The summed E-state index contributed by atoms with van der Waals surface area (Å²) in [6, 6.07) is 11.8. The number of nitrogens with one attached hydrogen (secondary N) is 1. The van der Waals surface area contributed by atoms with Gasteiger partial charge in [0.15, 0.2) is 4.34 Å². The summed E-state index contributed by atoms with van der Waals surface area (Å²) >= 11 is 2.59. The van der Waals surface area contributed by atoms with E-state index in [1.165, 1.54) is 11.8 Å². The molecule has 0 bridgehead atoms. The van der Waals surface area contributed by atoms with Gasteiger partial charge >= 0.3 is 0 Å². The molecule has 1 amide bonds. The lowest BCUT2D eigenvalue weighted by Crippen LogP contribution is -2.12. The summed E-state index contributed by atoms with van der Waals surface area (Å²) in [6.07, 6.45) is 0. The zero-order valence-corrected chi connectivity index (χ0v) is 14.7. The number of amides is 1. The molecule has 0 saturated carbocycles. The van der Waals surface area contributed by atoms with Crippen molar-refractivity contribution in [1.29, 1.82) is 5.26 Å². The van der Waals surface area contributed by atoms with Gasteiger partial charge in [0.2, 0.25) is 5.13 Å². The number of hydrogen-bond donors (Lipinski definition) is 1. The van der Waals surface area contributed by atoms with Crippen LogP contribution in [0.4, 0.5) is 13.9 Å². The van der Waals surface area contributed by atoms with E-state index in [9.17, 15) is 13.6 Å². The van der Waals surface area contributed by atoms with E-state index in [2.05, 4.69) is 21.6 Å². The van der Waals surface area contributed by atoms with Crippen LogP contribution in [0.5, 0.6) is 0 Å². The summed E-state index contributed by atoms with van der Waals surface area (Å²) in [6.45, 7) is 0. The Kier molecular flexibility index (Phi) is 5.55. The van der Waals surface area contributed by atoms with Crippen LogP contribution < -0.4 is 5.32 Å². The van der Waals surface area contributed by atoms with Crippen LogP contribution in [0.2, 0.25) is 0 Å². The summed E-state index contributed by atoms with van der Waals surface area (Å²) < 4.78 is 27.0. The summed E-state index contributed by atoms with van der Waals surface area (Å²) in [7, 11) is 0. The van der Waals surface area contributed by atoms with Gasteiger partial charge in [-0.25, -0.2) is 8.78 Å². The Balaban J connectivity index is 1.60. The number of anilines is 1. The van der Waals surface area contributed by atoms with Crippen molar-refractivity contribution < 1.29 is 13.6 Å². The number of carbonyl (C=O) groups excluding carboxylic acids is 1. The number of nitrogens with zero attached hydrogens (tertiary/aromatic N) is 3. The number of carbonyl (C=O) groups is 1. The summed E-state index contributed by atoms with van der Waals surface area (Å²) in [5, 5.41) is 19.3. The van der Waals surface area contributed by atoms with Crippen molar-refractivity contribution in [2.75, 3.05) is 5.32 Å². The number of thioether (sulfide) groups is 1. The van der Waals surface area contributed by atoms with E-state index in [1.54, 1.807) is 12.1 Å². The van der Waals surface area contributed by atoms with Crippen molar-refractivity contribution in [2.45, 2.75) is 10.1 Å². The number of nitriles is 1. The lowest BCUT2D eigenvalue weighted by molar-refractivity contribution is 0.102. The molecular formula is C17H10F2N4OS2. The molecule has 0 aliphatic carbocycles. The predicted octanol–water partition coefficient (Wildman–Crippen LogP) is 4.23. The number of benzene rings is 2. The van der Waals surface area contributed by atoms with E-state index in [-0.39, 0.29) is 10.7 Å². The van der Waals surface area contributed by atoms with E-state index < -0.39 is 17.5 Å². The molecule has 1 aromatic heterocycles. The Labute approximate surface area is 155 Å². The molecule has 0 aliphatic heterocycles. The van der Waals surface area contributed by atoms with E-state index in [1.807, 2.05) is 12.1 Å². The molecule has 130 valence electrons. The minimum absolute atomic E-state index is 0.135. The van der Waals surface area contributed by atoms with Gasteiger partial charge < -0.3 is 0 Å². The molecule has 3 aromatic rings. The van der Waals surface area contributed by atoms with E-state index in [0.717, 1.165) is 29.0 Å². The Morgan fingerprint density at radius 1 is 1.15 bits per heavy atom. The quantitative estimate of drug-likeness (QED) is 0.523. The summed E-state index contributed by atoms with van der Waals surface area (Å²) in [5.41, 5.74) is 1.47. The molecule has 0 radical (unpaired) electrons. The molecule has 0 unspecified atom stereocenters. The zero-order chi connectivity index (χ0) is 18.5. The lowest BCUT2D eigenvalue weighted by atomic mass is 10.2. The Bertz CT molecular complexity index is 963. The Hall–Kier alpha value is -2.83. The minimum atomic E-state index is -0.828. The number of aromatic nitrogens is 2. The number of rotatable bonds is 5. The van der Waals surface area contributed by atoms with Crippen molar-refractivity contribution in [1.82, 2.24) is 10.2 Å². The lowest BCUT2D eigenvalue weighted by Gasteiger charge is -2.01. The van der Waals surface area contributed by atoms with Crippen LogP contribution in [0.3, 0.4) is 0 Å². The first-order valence-corrected chi connectivity index (χ1v) is 9.06. The van der Waals surface area contributed by atoms with Crippen molar-refractivity contribution in [3.05, 3.63) is 70.8 Å². The number of halogens is 2. The fraction of sp³-hybridized carbons (Fsp3) is 0.0588. The highest BCUT2D eigenvalue weighted by Crippen LogP contribution is 2.28. The molecular weight excluding hydrogens is 378 g/mol. The monoisotopic (exact) mass is 388 g/mol. The normalized spacial score (nSPS) is 10.3. The maximum absolute atomic E-state index is 13.2. The molecule has 0 fully saturated rings. The molecule has 26 heavy (non-hydrogen) atoms. The minimum Gasteiger partial charge on any atom is -0.296 e. The standard InChI is InChI=1S/C17H10F2N4OS2/c18-13-5-12(6-14(19)7-13)15(24)21-16-22-23-17(26-16)25-9-11-3-1-10(8-20)2-4-11/h1-7H,9H2,(H,21,22,24). The van der Waals surface area contributed by atoms with Crippen molar-refractivity contribution in [3.8, 4) is 6.07 Å². The first-order valence-electron chi connectivity index (χ1n) is 7.26. The van der Waals surface area contributed by atoms with E-state index in [4.69, 9.17) is 5.26 Å². The molecule has 3 rings (SSSR count). The highest BCUT2D eigenvalue weighted by atomic mass is 32.2. The van der Waals surface area contributed by atoms with Crippen LogP contribution in [-0.2, 0) is 5.75 Å². The van der Waals surface area contributed by atoms with Crippen LogP contribution in [-0.4, -0.2) is 16.1 Å². The van der Waals surface area contributed by atoms with Crippen LogP contribution in [0.15, 0.2) is 46.8 Å². The molecule has 1 heterocycles. The van der Waals surface area contributed by atoms with Crippen molar-refractivity contribution >= 4 is 34.1 Å². The molecule has 0 spiro atoms. The highest BCUT2D eigenvalue weighted by Gasteiger charge is 2.13. The SMILES string of the molecule is N#Cc1ccc(CSc2nnc(NC(=O)c3cc(F)cc(F)c3)s2)cc1. The summed E-state index contributed by atoms with van der Waals surface area (Å²) in [5.74, 6) is -1.69. The fourth-order valence-electron chi connectivity index (χ4n) is 1.99. The van der Waals surface area contributed by atoms with Crippen LogP contribution in [0, 0.1) is 23.0 Å². The molecule has 0 saturated heterocycles. The second kappa shape index (κ2) is 8.03. The van der Waals surface area contributed by atoms with E-state index in [0.29, 0.717) is 21.7 Å². The van der Waals surface area contributed by atoms with Crippen LogP contribution in [0.25, 0.3) is 0 Å². The smallest absolute Gasteiger partial charge is 0.257 e. The topological polar surface area (TPSA) is 78.7 Å². The first-order chi connectivity index (χ1) is 12.5. The highest BCUT2D eigenvalue weighted by molar-refractivity contribution is 8.00. The molecule has 0 aliphatic rings. The second-order valence-electron chi connectivity index (χ2n) is 5.08. The van der Waals surface area contributed by atoms with Crippen LogP contribution >= 0.6 is 23.1 Å². The van der Waals surface area contributed by atoms with E-state index >= 15 is 0 Å². The third-order valence-electron chi connectivity index (χ3n) is 3.20. The Morgan fingerprint density at radius 3 is 2.50 bits per heavy atom. The van der Waals surface area contributed by atoms with Gasteiger partial charge in [-0.2, -0.15) is 5.26 Å². The van der Waals surface area contributed by atoms with Crippen molar-refractivity contribution in [3.63, 3.8) is 0 Å². The molecule has 0 atom stereocenters. The van der Waals surface area contributed by atoms with Gasteiger partial charge in [0.25, 0.3) is 5.91 Å². The van der Waals surface area contributed by atoms with Crippen LogP contribution in [0.1, 0.15) is 21.5 Å². The summed E-state index contributed by atoms with van der Waals surface area (Å²) in [4.78, 5) is 12.0. The average molecular weight is 388 g/mol. The zero-order valence-electron chi connectivity index (χ0n) is 13.1. The largest absolute Gasteiger partial charge is 0.296 e. The first kappa shape index (κ1) is 18.0. The molecule has 2 aromatic carbocycles. The molecule has 1 N–H and O–H groups in total. The second-order valence-corrected chi connectivity index (χ2v) is 7.28. The van der Waals surface area contributed by atoms with Gasteiger partial charge in [0.05, 0.1) is 11.6 Å². The fourth-order valence-corrected chi connectivity index (χ4v) is 3.70. The van der Waals surface area contributed by atoms with Gasteiger partial charge in [-0.05, 0) is 29.8 Å². The van der Waals surface area contributed by atoms with Gasteiger partial charge in [0, 0.05) is 17.4 Å². The molecule has 9 heteroatoms. The number of hydrogen-bond acceptors (Lipinski definition) is 6. The third-order valence-corrected chi connectivity index (χ3v) is 5.24. The van der Waals surface area contributed by atoms with Gasteiger partial charge in [-0.3, -0.25) is 10.1 Å². The average Bonchev–Trinajstić information content (AvgIpc) is 3.07. The predicted molar refractivity (Wildman–Crippen MR) is 94.9 cm³/mol. The molecule has 5 nitrogen and oxygen atoms in total. The third kappa shape index (κ3) is 4.62. The maximum Gasteiger partial charge on any atom is 0.257 e. The Morgan fingerprint density at radius 2 is 1.85 bits per heavy atom.